The molecule has 19 heavy (non-hydrogen) atoms. The average molecular weight is 264 g/mol. The lowest BCUT2D eigenvalue weighted by atomic mass is 10.2. The monoisotopic (exact) mass is 264 g/mol. The van der Waals surface area contributed by atoms with Crippen molar-refractivity contribution in [3.05, 3.63) is 52.2 Å². The van der Waals surface area contributed by atoms with E-state index in [4.69, 9.17) is 0 Å². The third kappa shape index (κ3) is 1.83. The molecule has 0 bridgehead atoms. The van der Waals surface area contributed by atoms with Crippen molar-refractivity contribution in [3.63, 3.8) is 0 Å². The minimum atomic E-state index is -1.03. The molecule has 2 aromatic heterocycles. The molecule has 0 aliphatic heterocycles. The summed E-state index contributed by atoms with van der Waals surface area (Å²) in [6.07, 6.45) is 3.28. The van der Waals surface area contributed by atoms with Gasteiger partial charge in [-0.2, -0.15) is 5.10 Å². The summed E-state index contributed by atoms with van der Waals surface area (Å²) in [4.78, 5) is 14.3. The maximum Gasteiger partial charge on any atom is 0.326 e. The first kappa shape index (κ1) is 11.6. The molecular formula is C12H10F2N4O. The summed E-state index contributed by atoms with van der Waals surface area (Å²) >= 11 is 0. The zero-order valence-corrected chi connectivity index (χ0v) is 10.0. The van der Waals surface area contributed by atoms with E-state index in [0.29, 0.717) is 0 Å². The van der Waals surface area contributed by atoms with Crippen LogP contribution >= 0.6 is 0 Å². The number of halogens is 2. The Hall–Kier alpha value is -2.44. The largest absolute Gasteiger partial charge is 0.326 e. The van der Waals surface area contributed by atoms with Crippen LogP contribution in [0.15, 0.2) is 29.3 Å². The van der Waals surface area contributed by atoms with Gasteiger partial charge in [-0.15, -0.1) is 0 Å². The van der Waals surface area contributed by atoms with E-state index in [0.717, 1.165) is 16.2 Å². The Bertz CT molecular complexity index is 815. The van der Waals surface area contributed by atoms with Crippen LogP contribution in [0, 0.1) is 11.6 Å². The molecule has 98 valence electrons. The number of nitrogens with one attached hydrogen (secondary N) is 1. The molecule has 7 heteroatoms. The van der Waals surface area contributed by atoms with Crippen molar-refractivity contribution in [1.82, 2.24) is 19.3 Å². The van der Waals surface area contributed by atoms with Gasteiger partial charge in [0, 0.05) is 18.8 Å². The van der Waals surface area contributed by atoms with Gasteiger partial charge in [-0.3, -0.25) is 9.25 Å². The number of benzene rings is 1. The molecule has 2 heterocycles. The van der Waals surface area contributed by atoms with E-state index in [1.807, 2.05) is 0 Å². The first-order valence-electron chi connectivity index (χ1n) is 5.60. The number of aryl methyl sites for hydroxylation is 1. The molecule has 0 unspecified atom stereocenters. The minimum absolute atomic E-state index is 0.0612. The van der Waals surface area contributed by atoms with Crippen LogP contribution in [0.1, 0.15) is 5.56 Å². The van der Waals surface area contributed by atoms with Gasteiger partial charge in [0.25, 0.3) is 0 Å². The summed E-state index contributed by atoms with van der Waals surface area (Å²) in [5.74, 6) is -2.01. The zero-order valence-electron chi connectivity index (χ0n) is 10.0. The van der Waals surface area contributed by atoms with Crippen molar-refractivity contribution < 1.29 is 8.78 Å². The Morgan fingerprint density at radius 1 is 1.37 bits per heavy atom. The second-order valence-corrected chi connectivity index (χ2v) is 4.30. The van der Waals surface area contributed by atoms with Gasteiger partial charge in [-0.05, 0) is 12.1 Å². The highest BCUT2D eigenvalue weighted by Crippen LogP contribution is 2.18. The number of hydrogen-bond acceptors (Lipinski definition) is 2. The topological polar surface area (TPSA) is 55.6 Å². The first-order chi connectivity index (χ1) is 9.06. The fourth-order valence-electron chi connectivity index (χ4n) is 2.08. The van der Waals surface area contributed by atoms with Crippen LogP contribution in [0.25, 0.3) is 11.0 Å². The number of aromatic nitrogens is 4. The average Bonchev–Trinajstić information content (AvgIpc) is 2.90. The summed E-state index contributed by atoms with van der Waals surface area (Å²) in [7, 11) is 1.74. The third-order valence-corrected chi connectivity index (χ3v) is 2.92. The predicted molar refractivity (Wildman–Crippen MR) is 64.8 cm³/mol. The van der Waals surface area contributed by atoms with E-state index >= 15 is 0 Å². The lowest BCUT2D eigenvalue weighted by molar-refractivity contribution is 0.512. The Kier molecular flexibility index (Phi) is 2.48. The molecule has 0 spiro atoms. The number of H-pyrrole nitrogens is 1. The maximum absolute atomic E-state index is 13.8. The number of nitrogens with zero attached hydrogens (tertiary/aromatic N) is 3. The van der Waals surface area contributed by atoms with E-state index in [1.54, 1.807) is 24.1 Å². The molecule has 3 aromatic rings. The smallest absolute Gasteiger partial charge is 0.305 e. The molecule has 3 rings (SSSR count). The first-order valence-corrected chi connectivity index (χ1v) is 5.60. The van der Waals surface area contributed by atoms with Crippen molar-refractivity contribution in [3.8, 4) is 0 Å². The highest BCUT2D eigenvalue weighted by Gasteiger charge is 2.15. The van der Waals surface area contributed by atoms with E-state index in [9.17, 15) is 13.6 Å². The molecular weight excluding hydrogens is 254 g/mol. The second-order valence-electron chi connectivity index (χ2n) is 4.30. The standard InChI is InChI=1S/C12H10F2N4O/c1-17-5-7(4-15-17)6-18-11-9(16-12(18)19)3-2-8(13)10(11)14/h2-5H,6H2,1H3,(H,16,19). The number of hydrogen-bond donors (Lipinski definition) is 1. The van der Waals surface area contributed by atoms with Crippen LogP contribution < -0.4 is 5.69 Å². The van der Waals surface area contributed by atoms with Crippen molar-refractivity contribution >= 4 is 11.0 Å². The highest BCUT2D eigenvalue weighted by molar-refractivity contribution is 5.76. The minimum Gasteiger partial charge on any atom is -0.305 e. The Labute approximate surface area is 106 Å². The highest BCUT2D eigenvalue weighted by atomic mass is 19.2. The predicted octanol–water partition coefficient (Wildman–Crippen LogP) is 1.39. The Morgan fingerprint density at radius 3 is 2.84 bits per heavy atom. The number of imidazole rings is 1. The number of aromatic amines is 1. The molecule has 0 atom stereocenters. The molecule has 0 aliphatic rings. The van der Waals surface area contributed by atoms with Gasteiger partial charge in [-0.25, -0.2) is 13.6 Å². The van der Waals surface area contributed by atoms with Crippen LogP contribution in [0.5, 0.6) is 0 Å². The SMILES string of the molecule is Cn1cc(Cn2c(=O)[nH]c3ccc(F)c(F)c32)cn1. The molecule has 0 amide bonds. The van der Waals surface area contributed by atoms with E-state index in [1.165, 1.54) is 6.07 Å². The molecule has 0 fully saturated rings. The van der Waals surface area contributed by atoms with Gasteiger partial charge < -0.3 is 4.98 Å². The normalized spacial score (nSPS) is 11.3. The van der Waals surface area contributed by atoms with Crippen LogP contribution in [0.2, 0.25) is 0 Å². The van der Waals surface area contributed by atoms with Crippen LogP contribution in [0.3, 0.4) is 0 Å². The Balaban J connectivity index is 2.20. The van der Waals surface area contributed by atoms with Gasteiger partial charge in [0.1, 0.15) is 5.52 Å². The van der Waals surface area contributed by atoms with E-state index in [-0.39, 0.29) is 17.6 Å². The molecule has 1 aromatic carbocycles. The van der Waals surface area contributed by atoms with Gasteiger partial charge in [0.15, 0.2) is 11.6 Å². The molecule has 0 saturated carbocycles. The van der Waals surface area contributed by atoms with Crippen molar-refractivity contribution in [2.75, 3.05) is 0 Å². The second kappa shape index (κ2) is 4.04. The summed E-state index contributed by atoms with van der Waals surface area (Å²) in [6.45, 7) is 0.132. The molecule has 1 N–H and O–H groups in total. The lowest BCUT2D eigenvalue weighted by Crippen LogP contribution is -2.17. The summed E-state index contributed by atoms with van der Waals surface area (Å²) in [6, 6.07) is 2.33. The zero-order chi connectivity index (χ0) is 13.6. The van der Waals surface area contributed by atoms with Gasteiger partial charge in [0.05, 0.1) is 18.3 Å². The number of rotatable bonds is 2. The van der Waals surface area contributed by atoms with E-state index in [2.05, 4.69) is 10.1 Å². The quantitative estimate of drug-likeness (QED) is 0.760. The lowest BCUT2D eigenvalue weighted by Gasteiger charge is -2.02. The molecule has 5 nitrogen and oxygen atoms in total. The molecule has 0 aliphatic carbocycles. The Morgan fingerprint density at radius 2 is 2.16 bits per heavy atom. The van der Waals surface area contributed by atoms with Crippen molar-refractivity contribution in [2.45, 2.75) is 6.54 Å². The maximum atomic E-state index is 13.8. The fraction of sp³-hybridized carbons (Fsp3) is 0.167. The molecule has 0 saturated heterocycles. The summed E-state index contributed by atoms with van der Waals surface area (Å²) in [5.41, 5.74) is 0.458. The van der Waals surface area contributed by atoms with E-state index < -0.39 is 17.3 Å². The van der Waals surface area contributed by atoms with Gasteiger partial charge >= 0.3 is 5.69 Å². The van der Waals surface area contributed by atoms with Gasteiger partial charge in [-0.1, -0.05) is 0 Å². The van der Waals surface area contributed by atoms with Crippen molar-refractivity contribution in [2.24, 2.45) is 7.05 Å². The third-order valence-electron chi connectivity index (χ3n) is 2.92. The fourth-order valence-corrected chi connectivity index (χ4v) is 2.08. The van der Waals surface area contributed by atoms with Crippen LogP contribution in [-0.4, -0.2) is 19.3 Å². The van der Waals surface area contributed by atoms with Crippen molar-refractivity contribution in [1.29, 1.82) is 0 Å². The van der Waals surface area contributed by atoms with Crippen LogP contribution in [-0.2, 0) is 13.6 Å². The summed E-state index contributed by atoms with van der Waals surface area (Å²) < 4.78 is 29.8. The molecule has 0 radical (unpaired) electrons. The van der Waals surface area contributed by atoms with Crippen LogP contribution in [0.4, 0.5) is 8.78 Å². The van der Waals surface area contributed by atoms with Gasteiger partial charge in [0.2, 0.25) is 0 Å². The number of fused-ring (bicyclic) bond motifs is 1. The summed E-state index contributed by atoms with van der Waals surface area (Å²) in [5, 5.41) is 3.97.